The maximum Gasteiger partial charge on any atom is 0.204 e. The maximum atomic E-state index is 13.6. The molecule has 0 spiro atoms. The van der Waals surface area contributed by atoms with Crippen molar-refractivity contribution in [2.45, 2.75) is 40.5 Å². The molecular weight excluding hydrogens is 408 g/mol. The molecule has 0 N–H and O–H groups in total. The fourth-order valence-electron chi connectivity index (χ4n) is 3.12. The zero-order chi connectivity index (χ0) is 20.1. The van der Waals surface area contributed by atoms with E-state index in [1.807, 2.05) is 39.0 Å². The molecule has 0 unspecified atom stereocenters. The number of ketones is 1. The van der Waals surface area contributed by atoms with Crippen LogP contribution in [0.15, 0.2) is 22.7 Å². The van der Waals surface area contributed by atoms with E-state index in [1.54, 1.807) is 14.2 Å². The largest absolute Gasteiger partial charge is 0.493 e. The topological polar surface area (TPSA) is 44.8 Å². The molecule has 5 heteroatoms. The Kier molecular flexibility index (Phi) is 7.31. The molecule has 0 aliphatic rings. The van der Waals surface area contributed by atoms with Gasteiger partial charge in [0, 0.05) is 10.0 Å². The van der Waals surface area contributed by atoms with Crippen LogP contribution in [-0.2, 0) is 0 Å². The van der Waals surface area contributed by atoms with E-state index in [2.05, 4.69) is 22.9 Å². The predicted octanol–water partition coefficient (Wildman–Crippen LogP) is 5.80. The SMILES string of the molecule is CCCCOc1c(OC)c(OC)cc(C)c1C(=O)c1c(C)ccc(Br)c1C. The second-order valence-electron chi connectivity index (χ2n) is 6.53. The minimum absolute atomic E-state index is 0.0729. The fourth-order valence-corrected chi connectivity index (χ4v) is 3.45. The molecule has 0 radical (unpaired) electrons. The molecule has 2 aromatic rings. The number of hydrogen-bond donors (Lipinski definition) is 0. The summed E-state index contributed by atoms with van der Waals surface area (Å²) in [4.78, 5) is 13.6. The van der Waals surface area contributed by atoms with Gasteiger partial charge >= 0.3 is 0 Å². The average Bonchev–Trinajstić information content (AvgIpc) is 2.64. The highest BCUT2D eigenvalue weighted by molar-refractivity contribution is 9.10. The molecule has 0 heterocycles. The van der Waals surface area contributed by atoms with Crippen LogP contribution in [-0.4, -0.2) is 26.6 Å². The normalized spacial score (nSPS) is 10.6. The minimum atomic E-state index is -0.0729. The lowest BCUT2D eigenvalue weighted by molar-refractivity contribution is 0.103. The molecule has 0 aliphatic carbocycles. The smallest absolute Gasteiger partial charge is 0.204 e. The summed E-state index contributed by atoms with van der Waals surface area (Å²) in [6.07, 6.45) is 1.89. The number of methoxy groups -OCH3 is 2. The van der Waals surface area contributed by atoms with Crippen molar-refractivity contribution in [1.82, 2.24) is 0 Å². The van der Waals surface area contributed by atoms with Crippen molar-refractivity contribution >= 4 is 21.7 Å². The van der Waals surface area contributed by atoms with Crippen LogP contribution in [0.5, 0.6) is 17.2 Å². The van der Waals surface area contributed by atoms with Gasteiger partial charge in [0.15, 0.2) is 17.3 Å². The van der Waals surface area contributed by atoms with Gasteiger partial charge in [0.1, 0.15) is 0 Å². The highest BCUT2D eigenvalue weighted by atomic mass is 79.9. The Bertz CT molecular complexity index is 843. The van der Waals surface area contributed by atoms with E-state index in [0.29, 0.717) is 35.0 Å². The molecule has 0 amide bonds. The van der Waals surface area contributed by atoms with Crippen LogP contribution in [0, 0.1) is 20.8 Å². The van der Waals surface area contributed by atoms with Gasteiger partial charge < -0.3 is 14.2 Å². The highest BCUT2D eigenvalue weighted by Gasteiger charge is 2.27. The third-order valence-electron chi connectivity index (χ3n) is 4.63. The Balaban J connectivity index is 2.71. The summed E-state index contributed by atoms with van der Waals surface area (Å²) in [7, 11) is 3.14. The second-order valence-corrected chi connectivity index (χ2v) is 7.38. The summed E-state index contributed by atoms with van der Waals surface area (Å²) in [5, 5.41) is 0. The number of carbonyl (C=O) groups is 1. The third-order valence-corrected chi connectivity index (χ3v) is 5.49. The molecule has 0 saturated heterocycles. The number of halogens is 1. The van der Waals surface area contributed by atoms with E-state index in [9.17, 15) is 4.79 Å². The fraction of sp³-hybridized carbons (Fsp3) is 0.409. The average molecular weight is 435 g/mol. The third kappa shape index (κ3) is 4.29. The minimum Gasteiger partial charge on any atom is -0.493 e. The van der Waals surface area contributed by atoms with Gasteiger partial charge in [0.05, 0.1) is 26.4 Å². The van der Waals surface area contributed by atoms with Crippen LogP contribution in [0.3, 0.4) is 0 Å². The molecule has 27 heavy (non-hydrogen) atoms. The Morgan fingerprint density at radius 1 is 1.00 bits per heavy atom. The number of aryl methyl sites for hydroxylation is 2. The van der Waals surface area contributed by atoms with Crippen LogP contribution in [0.25, 0.3) is 0 Å². The quantitative estimate of drug-likeness (QED) is 0.388. The van der Waals surface area contributed by atoms with Gasteiger partial charge in [-0.3, -0.25) is 4.79 Å². The first kappa shape index (κ1) is 21.3. The zero-order valence-corrected chi connectivity index (χ0v) is 18.5. The number of rotatable bonds is 8. The van der Waals surface area contributed by atoms with Gasteiger partial charge in [-0.25, -0.2) is 0 Å². The molecule has 0 atom stereocenters. The van der Waals surface area contributed by atoms with Crippen molar-refractivity contribution in [3.8, 4) is 17.2 Å². The van der Waals surface area contributed by atoms with Crippen molar-refractivity contribution < 1.29 is 19.0 Å². The summed E-state index contributed by atoms with van der Waals surface area (Å²) in [6, 6.07) is 5.72. The van der Waals surface area contributed by atoms with Crippen LogP contribution >= 0.6 is 15.9 Å². The molecule has 2 rings (SSSR count). The summed E-state index contributed by atoms with van der Waals surface area (Å²) in [5.41, 5.74) is 3.83. The van der Waals surface area contributed by atoms with Crippen molar-refractivity contribution in [3.05, 3.63) is 50.5 Å². The zero-order valence-electron chi connectivity index (χ0n) is 16.9. The lowest BCUT2D eigenvalue weighted by Gasteiger charge is -2.20. The molecule has 4 nitrogen and oxygen atoms in total. The van der Waals surface area contributed by atoms with Gasteiger partial charge in [-0.2, -0.15) is 0 Å². The molecule has 0 aromatic heterocycles. The van der Waals surface area contributed by atoms with E-state index in [0.717, 1.165) is 34.0 Å². The summed E-state index contributed by atoms with van der Waals surface area (Å²) in [5.74, 6) is 1.39. The van der Waals surface area contributed by atoms with E-state index in [4.69, 9.17) is 14.2 Å². The summed E-state index contributed by atoms with van der Waals surface area (Å²) in [6.45, 7) is 8.39. The maximum absolute atomic E-state index is 13.6. The Hall–Kier alpha value is -2.01. The molecule has 0 fully saturated rings. The Morgan fingerprint density at radius 2 is 1.70 bits per heavy atom. The standard InChI is InChI=1S/C22H27BrO4/c1-7-8-11-27-22-19(14(3)12-17(25-5)21(22)26-6)20(24)18-13(2)9-10-16(23)15(18)4/h9-10,12H,7-8,11H2,1-6H3. The number of ether oxygens (including phenoxy) is 3. The van der Waals surface area contributed by atoms with E-state index in [-0.39, 0.29) is 5.78 Å². The lowest BCUT2D eigenvalue weighted by Crippen LogP contribution is -2.13. The first-order valence-electron chi connectivity index (χ1n) is 9.06. The number of unbranched alkanes of at least 4 members (excludes halogenated alkanes) is 1. The van der Waals surface area contributed by atoms with Crippen molar-refractivity contribution in [1.29, 1.82) is 0 Å². The van der Waals surface area contributed by atoms with Gasteiger partial charge in [0.2, 0.25) is 5.75 Å². The van der Waals surface area contributed by atoms with Crippen molar-refractivity contribution in [3.63, 3.8) is 0 Å². The second kappa shape index (κ2) is 9.27. The Morgan fingerprint density at radius 3 is 2.30 bits per heavy atom. The number of carbonyl (C=O) groups excluding carboxylic acids is 1. The summed E-state index contributed by atoms with van der Waals surface area (Å²) < 4.78 is 17.9. The summed E-state index contributed by atoms with van der Waals surface area (Å²) >= 11 is 3.53. The van der Waals surface area contributed by atoms with Gasteiger partial charge in [0.25, 0.3) is 0 Å². The van der Waals surface area contributed by atoms with Gasteiger partial charge in [-0.1, -0.05) is 35.3 Å². The van der Waals surface area contributed by atoms with Crippen LogP contribution in [0.1, 0.15) is 52.4 Å². The molecule has 0 saturated carbocycles. The van der Waals surface area contributed by atoms with Gasteiger partial charge in [-0.15, -0.1) is 0 Å². The molecule has 2 aromatic carbocycles. The monoisotopic (exact) mass is 434 g/mol. The predicted molar refractivity (Wildman–Crippen MR) is 112 cm³/mol. The first-order valence-corrected chi connectivity index (χ1v) is 9.85. The molecule has 146 valence electrons. The van der Waals surface area contributed by atoms with E-state index < -0.39 is 0 Å². The highest BCUT2D eigenvalue weighted by Crippen LogP contribution is 2.43. The van der Waals surface area contributed by atoms with Crippen LogP contribution in [0.4, 0.5) is 0 Å². The molecular formula is C22H27BrO4. The number of hydrogen-bond acceptors (Lipinski definition) is 4. The number of benzene rings is 2. The lowest BCUT2D eigenvalue weighted by atomic mass is 9.91. The Labute approximate surface area is 170 Å². The van der Waals surface area contributed by atoms with Crippen LogP contribution < -0.4 is 14.2 Å². The molecule has 0 bridgehead atoms. The van der Waals surface area contributed by atoms with E-state index >= 15 is 0 Å². The van der Waals surface area contributed by atoms with Gasteiger partial charge in [-0.05, 0) is 56.0 Å². The van der Waals surface area contributed by atoms with E-state index in [1.165, 1.54) is 0 Å². The van der Waals surface area contributed by atoms with Crippen molar-refractivity contribution in [2.75, 3.05) is 20.8 Å². The molecule has 0 aliphatic heterocycles. The van der Waals surface area contributed by atoms with Crippen molar-refractivity contribution in [2.24, 2.45) is 0 Å². The first-order chi connectivity index (χ1) is 12.9. The van der Waals surface area contributed by atoms with Crippen LogP contribution in [0.2, 0.25) is 0 Å².